The van der Waals surface area contributed by atoms with Crippen molar-refractivity contribution in [1.82, 2.24) is 5.32 Å². The van der Waals surface area contributed by atoms with E-state index in [4.69, 9.17) is 4.74 Å². The van der Waals surface area contributed by atoms with Crippen molar-refractivity contribution in [1.29, 1.82) is 0 Å². The lowest BCUT2D eigenvalue weighted by Crippen LogP contribution is -2.40. The molecule has 0 unspecified atom stereocenters. The molecule has 1 aromatic carbocycles. The van der Waals surface area contributed by atoms with Gasteiger partial charge in [-0.05, 0) is 26.3 Å². The highest BCUT2D eigenvalue weighted by molar-refractivity contribution is 5.99. The fourth-order valence-corrected chi connectivity index (χ4v) is 2.12. The molecule has 0 aliphatic rings. The van der Waals surface area contributed by atoms with Crippen molar-refractivity contribution in [2.75, 3.05) is 6.61 Å². The van der Waals surface area contributed by atoms with Crippen molar-refractivity contribution in [3.63, 3.8) is 0 Å². The number of hydrogen-bond donors (Lipinski definition) is 1. The minimum absolute atomic E-state index is 0.184. The van der Waals surface area contributed by atoms with Gasteiger partial charge in [0.05, 0.1) is 12.6 Å². The Hall–Kier alpha value is -2.17. The van der Waals surface area contributed by atoms with E-state index in [1.807, 2.05) is 19.1 Å². The molecule has 0 aliphatic carbocycles. The first-order valence-corrected chi connectivity index (χ1v) is 6.87. The zero-order chi connectivity index (χ0) is 16.0. The second kappa shape index (κ2) is 7.57. The van der Waals surface area contributed by atoms with Crippen molar-refractivity contribution >= 4 is 17.7 Å². The Bertz CT molecular complexity index is 522. The summed E-state index contributed by atoms with van der Waals surface area (Å²) >= 11 is 0. The summed E-state index contributed by atoms with van der Waals surface area (Å²) in [4.78, 5) is 35.4. The zero-order valence-electron chi connectivity index (χ0n) is 12.8. The van der Waals surface area contributed by atoms with Gasteiger partial charge in [0.25, 0.3) is 0 Å². The molecule has 1 rings (SSSR count). The Morgan fingerprint density at radius 2 is 1.71 bits per heavy atom. The number of nitrogens with one attached hydrogen (secondary N) is 1. The van der Waals surface area contributed by atoms with Crippen LogP contribution >= 0.6 is 0 Å². The summed E-state index contributed by atoms with van der Waals surface area (Å²) in [5, 5.41) is 2.68. The number of esters is 1. The first-order valence-electron chi connectivity index (χ1n) is 6.87. The predicted molar refractivity (Wildman–Crippen MR) is 78.5 cm³/mol. The molecule has 0 fully saturated rings. The Labute approximate surface area is 124 Å². The summed E-state index contributed by atoms with van der Waals surface area (Å²) in [7, 11) is 0. The standard InChI is InChI=1S/C16H21NO4/c1-5-21-16(20)14(11(3)18)15(17-12(4)19)13-8-6-10(2)7-9-13/h6-9,14-15H,5H2,1-4H3,(H,17,19)/t14-,15+/m1/s1. The van der Waals surface area contributed by atoms with Gasteiger partial charge < -0.3 is 10.1 Å². The number of carbonyl (C=O) groups excluding carboxylic acids is 3. The van der Waals surface area contributed by atoms with E-state index in [0.717, 1.165) is 5.56 Å². The molecule has 0 bridgehead atoms. The molecule has 2 atom stereocenters. The van der Waals surface area contributed by atoms with Crippen molar-refractivity contribution in [3.8, 4) is 0 Å². The van der Waals surface area contributed by atoms with Crippen LogP contribution in [0.25, 0.3) is 0 Å². The number of rotatable bonds is 6. The maximum absolute atomic E-state index is 12.1. The molecule has 1 aromatic rings. The average molecular weight is 291 g/mol. The monoisotopic (exact) mass is 291 g/mol. The molecule has 114 valence electrons. The van der Waals surface area contributed by atoms with E-state index in [0.29, 0.717) is 5.56 Å². The summed E-state index contributed by atoms with van der Waals surface area (Å²) in [6.07, 6.45) is 0. The SMILES string of the molecule is CCOC(=O)[C@H](C(C)=O)[C@@H](NC(C)=O)c1ccc(C)cc1. The van der Waals surface area contributed by atoms with E-state index in [9.17, 15) is 14.4 Å². The van der Waals surface area contributed by atoms with Crippen LogP contribution in [-0.4, -0.2) is 24.3 Å². The number of Topliss-reactive ketones (excluding diaryl/α,β-unsaturated/α-hetero) is 1. The summed E-state index contributed by atoms with van der Waals surface area (Å²) in [5.41, 5.74) is 1.75. The van der Waals surface area contributed by atoms with Crippen LogP contribution in [0.1, 0.15) is 37.9 Å². The molecular weight excluding hydrogens is 270 g/mol. The predicted octanol–water partition coefficient (Wildman–Crippen LogP) is 1.94. The van der Waals surface area contributed by atoms with Gasteiger partial charge in [0.2, 0.25) is 5.91 Å². The van der Waals surface area contributed by atoms with Crippen LogP contribution in [0.15, 0.2) is 24.3 Å². The van der Waals surface area contributed by atoms with Crippen LogP contribution in [0.5, 0.6) is 0 Å². The van der Waals surface area contributed by atoms with Gasteiger partial charge in [0.15, 0.2) is 0 Å². The number of carbonyl (C=O) groups is 3. The van der Waals surface area contributed by atoms with Crippen molar-refractivity contribution < 1.29 is 19.1 Å². The third-order valence-corrected chi connectivity index (χ3v) is 3.11. The molecule has 0 heterocycles. The number of ether oxygens (including phenoxy) is 1. The lowest BCUT2D eigenvalue weighted by molar-refractivity contribution is -0.152. The molecule has 1 N–H and O–H groups in total. The molecule has 0 radical (unpaired) electrons. The molecule has 0 saturated carbocycles. The normalized spacial score (nSPS) is 13.1. The lowest BCUT2D eigenvalue weighted by atomic mass is 9.89. The first kappa shape index (κ1) is 16.9. The van der Waals surface area contributed by atoms with Crippen LogP contribution in [0.4, 0.5) is 0 Å². The van der Waals surface area contributed by atoms with Crippen LogP contribution in [0, 0.1) is 12.8 Å². The van der Waals surface area contributed by atoms with Gasteiger partial charge in [-0.3, -0.25) is 14.4 Å². The fourth-order valence-electron chi connectivity index (χ4n) is 2.12. The van der Waals surface area contributed by atoms with Crippen LogP contribution in [0.2, 0.25) is 0 Å². The Balaban J connectivity index is 3.19. The zero-order valence-corrected chi connectivity index (χ0v) is 12.8. The highest BCUT2D eigenvalue weighted by atomic mass is 16.5. The van der Waals surface area contributed by atoms with Crippen molar-refractivity contribution in [3.05, 3.63) is 35.4 Å². The Morgan fingerprint density at radius 3 is 2.14 bits per heavy atom. The number of aryl methyl sites for hydroxylation is 1. The van der Waals surface area contributed by atoms with Gasteiger partial charge in [-0.1, -0.05) is 29.8 Å². The van der Waals surface area contributed by atoms with Gasteiger partial charge in [-0.25, -0.2) is 0 Å². The fraction of sp³-hybridized carbons (Fsp3) is 0.438. The van der Waals surface area contributed by atoms with E-state index >= 15 is 0 Å². The molecule has 0 aromatic heterocycles. The number of hydrogen-bond acceptors (Lipinski definition) is 4. The van der Waals surface area contributed by atoms with Gasteiger partial charge in [-0.2, -0.15) is 0 Å². The average Bonchev–Trinajstić information content (AvgIpc) is 2.38. The Morgan fingerprint density at radius 1 is 1.14 bits per heavy atom. The Kier molecular flexibility index (Phi) is 6.09. The molecule has 0 saturated heterocycles. The van der Waals surface area contributed by atoms with E-state index in [-0.39, 0.29) is 18.3 Å². The molecule has 21 heavy (non-hydrogen) atoms. The van der Waals surface area contributed by atoms with Gasteiger partial charge in [0, 0.05) is 6.92 Å². The number of ketones is 1. The smallest absolute Gasteiger partial charge is 0.318 e. The van der Waals surface area contributed by atoms with Gasteiger partial charge in [-0.15, -0.1) is 0 Å². The van der Waals surface area contributed by atoms with Crippen molar-refractivity contribution in [2.45, 2.75) is 33.7 Å². The van der Waals surface area contributed by atoms with E-state index in [1.165, 1.54) is 13.8 Å². The van der Waals surface area contributed by atoms with Crippen LogP contribution in [-0.2, 0) is 19.1 Å². The number of benzene rings is 1. The molecular formula is C16H21NO4. The third-order valence-electron chi connectivity index (χ3n) is 3.11. The van der Waals surface area contributed by atoms with E-state index < -0.39 is 17.9 Å². The maximum Gasteiger partial charge on any atom is 0.318 e. The van der Waals surface area contributed by atoms with Crippen LogP contribution < -0.4 is 5.32 Å². The summed E-state index contributed by atoms with van der Waals surface area (Å²) in [5.74, 6) is -2.32. The quantitative estimate of drug-likeness (QED) is 0.642. The van der Waals surface area contributed by atoms with E-state index in [2.05, 4.69) is 5.32 Å². The van der Waals surface area contributed by atoms with E-state index in [1.54, 1.807) is 19.1 Å². The minimum Gasteiger partial charge on any atom is -0.465 e. The maximum atomic E-state index is 12.1. The number of amides is 1. The van der Waals surface area contributed by atoms with Crippen molar-refractivity contribution in [2.24, 2.45) is 5.92 Å². The molecule has 5 heteroatoms. The van der Waals surface area contributed by atoms with Gasteiger partial charge in [0.1, 0.15) is 11.7 Å². The summed E-state index contributed by atoms with van der Waals surface area (Å²) in [6.45, 7) is 6.47. The lowest BCUT2D eigenvalue weighted by Gasteiger charge is -2.25. The highest BCUT2D eigenvalue weighted by Crippen LogP contribution is 2.25. The third kappa shape index (κ3) is 4.70. The largest absolute Gasteiger partial charge is 0.465 e. The highest BCUT2D eigenvalue weighted by Gasteiger charge is 2.35. The second-order valence-electron chi connectivity index (χ2n) is 4.93. The molecule has 0 aliphatic heterocycles. The summed E-state index contributed by atoms with van der Waals surface area (Å²) in [6, 6.07) is 6.61. The minimum atomic E-state index is -1.04. The summed E-state index contributed by atoms with van der Waals surface area (Å²) < 4.78 is 4.96. The molecule has 1 amide bonds. The second-order valence-corrected chi connectivity index (χ2v) is 4.93. The van der Waals surface area contributed by atoms with Crippen LogP contribution in [0.3, 0.4) is 0 Å². The molecule has 0 spiro atoms. The first-order chi connectivity index (χ1) is 9.86. The molecule has 5 nitrogen and oxygen atoms in total. The topological polar surface area (TPSA) is 72.5 Å². The van der Waals surface area contributed by atoms with Gasteiger partial charge >= 0.3 is 5.97 Å².